The molecular weight excluding hydrogens is 484 g/mol. The van der Waals surface area contributed by atoms with Crippen molar-refractivity contribution in [2.45, 2.75) is 11.0 Å². The highest BCUT2D eigenvalue weighted by molar-refractivity contribution is 9.10. The molecule has 0 bridgehead atoms. The smallest absolute Gasteiger partial charge is 0.336 e. The molecular formula is C18H10Br2N2O3S. The van der Waals surface area contributed by atoms with Gasteiger partial charge < -0.3 is 8.83 Å². The van der Waals surface area contributed by atoms with Gasteiger partial charge in [-0.05, 0) is 48.0 Å². The SMILES string of the molecule is O=c1cc(CSc2nnc(-c3ccc(Br)cc3)o2)c2ccc(Br)cc2o1. The Morgan fingerprint density at radius 3 is 2.50 bits per heavy atom. The molecule has 0 saturated heterocycles. The highest BCUT2D eigenvalue weighted by Gasteiger charge is 2.12. The summed E-state index contributed by atoms with van der Waals surface area (Å²) in [6.45, 7) is 0. The van der Waals surface area contributed by atoms with E-state index < -0.39 is 0 Å². The van der Waals surface area contributed by atoms with Gasteiger partial charge in [-0.15, -0.1) is 10.2 Å². The molecule has 2 aromatic carbocycles. The van der Waals surface area contributed by atoms with Crippen molar-refractivity contribution < 1.29 is 8.83 Å². The molecule has 4 aromatic rings. The summed E-state index contributed by atoms with van der Waals surface area (Å²) in [7, 11) is 0. The van der Waals surface area contributed by atoms with Crippen LogP contribution in [0.4, 0.5) is 0 Å². The number of fused-ring (bicyclic) bond motifs is 1. The molecule has 0 spiro atoms. The molecule has 0 N–H and O–H groups in total. The van der Waals surface area contributed by atoms with E-state index in [1.807, 2.05) is 36.4 Å². The highest BCUT2D eigenvalue weighted by Crippen LogP contribution is 2.29. The number of aromatic nitrogens is 2. The first-order valence-electron chi connectivity index (χ1n) is 7.53. The minimum Gasteiger partial charge on any atom is -0.423 e. The fourth-order valence-electron chi connectivity index (χ4n) is 2.44. The normalized spacial score (nSPS) is 11.2. The van der Waals surface area contributed by atoms with E-state index in [2.05, 4.69) is 42.1 Å². The van der Waals surface area contributed by atoms with Gasteiger partial charge in [0.05, 0.1) is 0 Å². The Balaban J connectivity index is 1.57. The predicted molar refractivity (Wildman–Crippen MR) is 107 cm³/mol. The second-order valence-electron chi connectivity index (χ2n) is 5.40. The van der Waals surface area contributed by atoms with Gasteiger partial charge in [0.15, 0.2) is 0 Å². The largest absolute Gasteiger partial charge is 0.423 e. The number of benzene rings is 2. The molecule has 2 heterocycles. The zero-order valence-corrected chi connectivity index (χ0v) is 17.1. The van der Waals surface area contributed by atoms with E-state index in [1.54, 1.807) is 6.07 Å². The van der Waals surface area contributed by atoms with Gasteiger partial charge >= 0.3 is 5.63 Å². The van der Waals surface area contributed by atoms with E-state index in [9.17, 15) is 4.79 Å². The summed E-state index contributed by atoms with van der Waals surface area (Å²) in [5, 5.41) is 9.48. The Bertz CT molecular complexity index is 1140. The maximum absolute atomic E-state index is 11.8. The minimum absolute atomic E-state index is 0.382. The predicted octanol–water partition coefficient (Wildman–Crippen LogP) is 5.66. The first-order valence-corrected chi connectivity index (χ1v) is 10.1. The molecule has 0 fully saturated rings. The molecule has 0 radical (unpaired) electrons. The van der Waals surface area contributed by atoms with Crippen molar-refractivity contribution in [3.8, 4) is 11.5 Å². The van der Waals surface area contributed by atoms with Gasteiger partial charge in [0.25, 0.3) is 5.22 Å². The van der Waals surface area contributed by atoms with Crippen LogP contribution in [-0.2, 0) is 5.75 Å². The second kappa shape index (κ2) is 7.38. The lowest BCUT2D eigenvalue weighted by Gasteiger charge is -2.04. The summed E-state index contributed by atoms with van der Waals surface area (Å²) in [6, 6.07) is 14.7. The number of halogens is 2. The standard InChI is InChI=1S/C18H10Br2N2O3S/c19-12-3-1-10(2-4-12)17-21-22-18(25-17)26-9-11-7-16(23)24-15-8-13(20)5-6-14(11)15/h1-8H,9H2. The molecule has 4 rings (SSSR count). The third kappa shape index (κ3) is 3.77. The van der Waals surface area contributed by atoms with Crippen LogP contribution in [0.3, 0.4) is 0 Å². The molecule has 0 aliphatic heterocycles. The number of rotatable bonds is 4. The zero-order valence-electron chi connectivity index (χ0n) is 13.1. The number of thioether (sulfide) groups is 1. The Kier molecular flexibility index (Phi) is 4.97. The average Bonchev–Trinajstić information content (AvgIpc) is 3.08. The van der Waals surface area contributed by atoms with Crippen LogP contribution in [0.2, 0.25) is 0 Å². The Morgan fingerprint density at radius 2 is 1.69 bits per heavy atom. The molecule has 0 aliphatic rings. The fourth-order valence-corrected chi connectivity index (χ4v) is 3.80. The monoisotopic (exact) mass is 492 g/mol. The second-order valence-corrected chi connectivity index (χ2v) is 8.16. The van der Waals surface area contributed by atoms with Crippen LogP contribution in [0.25, 0.3) is 22.4 Å². The van der Waals surface area contributed by atoms with Crippen molar-refractivity contribution in [2.75, 3.05) is 0 Å². The van der Waals surface area contributed by atoms with Crippen molar-refractivity contribution in [1.29, 1.82) is 0 Å². The van der Waals surface area contributed by atoms with Crippen LogP contribution < -0.4 is 5.63 Å². The maximum atomic E-state index is 11.8. The number of hydrogen-bond donors (Lipinski definition) is 0. The van der Waals surface area contributed by atoms with Crippen molar-refractivity contribution in [1.82, 2.24) is 10.2 Å². The summed E-state index contributed by atoms with van der Waals surface area (Å²) < 4.78 is 12.8. The van der Waals surface area contributed by atoms with Gasteiger partial charge in [-0.1, -0.05) is 43.6 Å². The Labute approximate surface area is 169 Å². The average molecular weight is 494 g/mol. The topological polar surface area (TPSA) is 69.1 Å². The molecule has 0 amide bonds. The lowest BCUT2D eigenvalue weighted by atomic mass is 10.1. The van der Waals surface area contributed by atoms with Crippen LogP contribution in [0.1, 0.15) is 5.56 Å². The van der Waals surface area contributed by atoms with Crippen molar-refractivity contribution >= 4 is 54.6 Å². The molecule has 0 atom stereocenters. The Morgan fingerprint density at radius 1 is 0.923 bits per heavy atom. The number of nitrogens with zero attached hydrogens (tertiary/aromatic N) is 2. The maximum Gasteiger partial charge on any atom is 0.336 e. The van der Waals surface area contributed by atoms with Crippen molar-refractivity contribution in [3.63, 3.8) is 0 Å². The lowest BCUT2D eigenvalue weighted by molar-refractivity contribution is 0.466. The van der Waals surface area contributed by atoms with Crippen LogP contribution in [0, 0.1) is 0 Å². The summed E-state index contributed by atoms with van der Waals surface area (Å²) in [6.07, 6.45) is 0. The van der Waals surface area contributed by atoms with E-state index in [0.717, 1.165) is 25.5 Å². The number of hydrogen-bond acceptors (Lipinski definition) is 6. The molecule has 5 nitrogen and oxygen atoms in total. The van der Waals surface area contributed by atoms with Crippen molar-refractivity contribution in [2.24, 2.45) is 0 Å². The molecule has 130 valence electrons. The van der Waals surface area contributed by atoms with Gasteiger partial charge in [-0.25, -0.2) is 4.79 Å². The van der Waals surface area contributed by atoms with Crippen LogP contribution in [0.15, 0.2) is 76.3 Å². The third-order valence-electron chi connectivity index (χ3n) is 3.64. The van der Waals surface area contributed by atoms with E-state index >= 15 is 0 Å². The van der Waals surface area contributed by atoms with E-state index in [-0.39, 0.29) is 5.63 Å². The molecule has 26 heavy (non-hydrogen) atoms. The first-order chi connectivity index (χ1) is 12.6. The summed E-state index contributed by atoms with van der Waals surface area (Å²) in [5.41, 5.74) is 1.87. The van der Waals surface area contributed by atoms with E-state index in [4.69, 9.17) is 8.83 Å². The fraction of sp³-hybridized carbons (Fsp3) is 0.0556. The molecule has 0 unspecified atom stereocenters. The van der Waals surface area contributed by atoms with Gasteiger partial charge in [0.2, 0.25) is 5.89 Å². The van der Waals surface area contributed by atoms with Gasteiger partial charge in [-0.3, -0.25) is 0 Å². The van der Waals surface area contributed by atoms with E-state index in [0.29, 0.717) is 22.4 Å². The van der Waals surface area contributed by atoms with Crippen LogP contribution in [-0.4, -0.2) is 10.2 Å². The first kappa shape index (κ1) is 17.5. The Hall–Kier alpha value is -1.90. The highest BCUT2D eigenvalue weighted by atomic mass is 79.9. The van der Waals surface area contributed by atoms with Crippen LogP contribution in [0.5, 0.6) is 0 Å². The van der Waals surface area contributed by atoms with Gasteiger partial charge in [-0.2, -0.15) is 0 Å². The third-order valence-corrected chi connectivity index (χ3v) is 5.53. The van der Waals surface area contributed by atoms with Gasteiger partial charge in [0.1, 0.15) is 5.58 Å². The lowest BCUT2D eigenvalue weighted by Crippen LogP contribution is -1.99. The van der Waals surface area contributed by atoms with Crippen LogP contribution >= 0.6 is 43.6 Å². The quantitative estimate of drug-likeness (QED) is 0.270. The minimum atomic E-state index is -0.382. The molecule has 0 aliphatic carbocycles. The molecule has 8 heteroatoms. The summed E-state index contributed by atoms with van der Waals surface area (Å²) in [4.78, 5) is 11.8. The molecule has 0 saturated carbocycles. The van der Waals surface area contributed by atoms with Crippen molar-refractivity contribution in [3.05, 3.63) is 73.5 Å². The van der Waals surface area contributed by atoms with Gasteiger partial charge in [0, 0.05) is 31.7 Å². The summed E-state index contributed by atoms with van der Waals surface area (Å²) >= 11 is 8.16. The van der Waals surface area contributed by atoms with E-state index in [1.165, 1.54) is 17.8 Å². The zero-order chi connectivity index (χ0) is 18.1. The summed E-state index contributed by atoms with van der Waals surface area (Å²) in [5.74, 6) is 0.979. The molecule has 2 aromatic heterocycles.